The molecule has 3 aromatic rings. The smallest absolute Gasteiger partial charge is 0.167 e. The SMILES string of the molecule is CN1C[C@H](F)C[C@H]1COC1(CC#N)CNCCN1c1ncnc2c(F)c(-c3cncc4c3CCCC4)ccc12. The molecule has 0 saturated carbocycles. The lowest BCUT2D eigenvalue weighted by Gasteiger charge is -2.47. The second-order valence-electron chi connectivity index (χ2n) is 10.9. The van der Waals surface area contributed by atoms with Gasteiger partial charge in [0.25, 0.3) is 0 Å². The number of aryl methyl sites for hydroxylation is 1. The number of alkyl halides is 1. The maximum absolute atomic E-state index is 16.2. The lowest BCUT2D eigenvalue weighted by Crippen LogP contribution is -2.64. The number of halogens is 2. The van der Waals surface area contributed by atoms with Crippen molar-refractivity contribution in [2.45, 2.75) is 56.5 Å². The molecule has 0 radical (unpaired) electrons. The summed E-state index contributed by atoms with van der Waals surface area (Å²) in [4.78, 5) is 17.2. The van der Waals surface area contributed by atoms with Crippen LogP contribution in [0.2, 0.25) is 0 Å². The Bertz CT molecular complexity index is 1410. The monoisotopic (exact) mass is 533 g/mol. The summed E-state index contributed by atoms with van der Waals surface area (Å²) in [5.74, 6) is 0.124. The lowest BCUT2D eigenvalue weighted by molar-refractivity contribution is -0.0670. The van der Waals surface area contributed by atoms with Gasteiger partial charge in [-0.1, -0.05) is 6.07 Å². The van der Waals surface area contributed by atoms with E-state index < -0.39 is 17.7 Å². The number of hydrogen-bond acceptors (Lipinski definition) is 8. The molecule has 0 bridgehead atoms. The number of pyridine rings is 1. The molecule has 3 aliphatic rings. The van der Waals surface area contributed by atoms with Gasteiger partial charge in [0.15, 0.2) is 11.5 Å². The van der Waals surface area contributed by atoms with E-state index in [0.717, 1.165) is 31.2 Å². The molecule has 10 heteroatoms. The summed E-state index contributed by atoms with van der Waals surface area (Å²) >= 11 is 0. The molecule has 6 rings (SSSR count). The number of ether oxygens (including phenoxy) is 1. The molecule has 3 atom stereocenters. The summed E-state index contributed by atoms with van der Waals surface area (Å²) in [5.41, 5.74) is 2.87. The first-order valence-corrected chi connectivity index (χ1v) is 13.7. The van der Waals surface area contributed by atoms with Crippen molar-refractivity contribution in [1.82, 2.24) is 25.2 Å². The predicted molar refractivity (Wildman–Crippen MR) is 144 cm³/mol. The van der Waals surface area contributed by atoms with Crippen LogP contribution in [0.1, 0.15) is 36.8 Å². The molecule has 1 aliphatic carbocycles. The minimum Gasteiger partial charge on any atom is -0.351 e. The average Bonchev–Trinajstić information content (AvgIpc) is 3.29. The van der Waals surface area contributed by atoms with Crippen molar-refractivity contribution in [2.75, 3.05) is 44.7 Å². The van der Waals surface area contributed by atoms with Crippen LogP contribution in [-0.4, -0.2) is 77.6 Å². The van der Waals surface area contributed by atoms with Gasteiger partial charge in [-0.25, -0.2) is 18.7 Å². The number of likely N-dealkylation sites (tertiary alicyclic amines) is 1. The molecule has 1 unspecified atom stereocenters. The van der Waals surface area contributed by atoms with E-state index in [9.17, 15) is 9.65 Å². The Morgan fingerprint density at radius 1 is 1.21 bits per heavy atom. The Kier molecular flexibility index (Phi) is 7.14. The number of nitriles is 1. The highest BCUT2D eigenvalue weighted by atomic mass is 19.1. The number of nitrogens with one attached hydrogen (secondary N) is 1. The number of benzene rings is 1. The maximum atomic E-state index is 16.2. The van der Waals surface area contributed by atoms with Crippen LogP contribution in [0.3, 0.4) is 0 Å². The summed E-state index contributed by atoms with van der Waals surface area (Å²) in [7, 11) is 1.89. The van der Waals surface area contributed by atoms with Crippen molar-refractivity contribution in [3.8, 4) is 17.2 Å². The van der Waals surface area contributed by atoms with Gasteiger partial charge in [-0.15, -0.1) is 0 Å². The second-order valence-corrected chi connectivity index (χ2v) is 10.9. The Morgan fingerprint density at radius 2 is 2.08 bits per heavy atom. The number of fused-ring (bicyclic) bond motifs is 2. The molecule has 2 fully saturated rings. The fourth-order valence-electron chi connectivity index (χ4n) is 6.39. The fraction of sp³-hybridized carbons (Fsp3) is 0.517. The van der Waals surface area contributed by atoms with Crippen LogP contribution >= 0.6 is 0 Å². The van der Waals surface area contributed by atoms with Gasteiger partial charge in [0.1, 0.15) is 23.8 Å². The van der Waals surface area contributed by atoms with Crippen molar-refractivity contribution in [2.24, 2.45) is 0 Å². The third-order valence-electron chi connectivity index (χ3n) is 8.48. The maximum Gasteiger partial charge on any atom is 0.167 e. The minimum absolute atomic E-state index is 0.0728. The van der Waals surface area contributed by atoms with Crippen LogP contribution in [0.25, 0.3) is 22.0 Å². The standard InChI is InChI=1S/C29H33F2N7O/c1-37-15-20(30)12-21(37)16-39-29(8-9-32)17-33-10-11-38(29)28-24-7-6-23(26(31)27(24)35-18-36-28)25-14-34-13-19-4-2-3-5-22(19)25/h6-7,13-14,18,20-21,33H,2-5,8,10-12,15-17H2,1H3/t20-,21+,29?/m1/s1. The zero-order valence-electron chi connectivity index (χ0n) is 22.2. The van der Waals surface area contributed by atoms with Gasteiger partial charge in [-0.3, -0.25) is 9.88 Å². The van der Waals surface area contributed by atoms with Crippen molar-refractivity contribution in [1.29, 1.82) is 5.26 Å². The summed E-state index contributed by atoms with van der Waals surface area (Å²) in [5, 5.41) is 13.7. The van der Waals surface area contributed by atoms with Gasteiger partial charge >= 0.3 is 0 Å². The molecule has 2 aliphatic heterocycles. The first-order valence-electron chi connectivity index (χ1n) is 13.7. The molecule has 0 spiro atoms. The fourth-order valence-corrected chi connectivity index (χ4v) is 6.39. The van der Waals surface area contributed by atoms with E-state index in [2.05, 4.69) is 26.3 Å². The van der Waals surface area contributed by atoms with Crippen LogP contribution < -0.4 is 10.2 Å². The molecule has 4 heterocycles. The zero-order chi connectivity index (χ0) is 27.0. The van der Waals surface area contributed by atoms with E-state index in [1.54, 1.807) is 12.3 Å². The topological polar surface area (TPSA) is 90.2 Å². The van der Waals surface area contributed by atoms with Crippen LogP contribution in [-0.2, 0) is 17.6 Å². The van der Waals surface area contributed by atoms with Crippen LogP contribution in [0, 0.1) is 17.1 Å². The largest absolute Gasteiger partial charge is 0.351 e. The van der Waals surface area contributed by atoms with E-state index in [1.165, 1.54) is 17.5 Å². The van der Waals surface area contributed by atoms with Crippen LogP contribution in [0.5, 0.6) is 0 Å². The van der Waals surface area contributed by atoms with Crippen molar-refractivity contribution < 1.29 is 13.5 Å². The number of aromatic nitrogens is 3. The third-order valence-corrected chi connectivity index (χ3v) is 8.48. The lowest BCUT2D eigenvalue weighted by atomic mass is 9.87. The average molecular weight is 534 g/mol. The van der Waals surface area contributed by atoms with Gasteiger partial charge in [0, 0.05) is 61.1 Å². The van der Waals surface area contributed by atoms with E-state index in [-0.39, 0.29) is 24.6 Å². The van der Waals surface area contributed by atoms with Gasteiger partial charge in [0.05, 0.1) is 19.1 Å². The molecule has 204 valence electrons. The Labute approximate surface area is 227 Å². The highest BCUT2D eigenvalue weighted by molar-refractivity contribution is 5.93. The van der Waals surface area contributed by atoms with Crippen LogP contribution in [0.15, 0.2) is 30.9 Å². The summed E-state index contributed by atoms with van der Waals surface area (Å²) in [6.45, 7) is 2.22. The molecule has 1 N–H and O–H groups in total. The normalized spacial score (nSPS) is 25.5. The highest BCUT2D eigenvalue weighted by Crippen LogP contribution is 2.38. The summed E-state index contributed by atoms with van der Waals surface area (Å²) < 4.78 is 36.7. The summed E-state index contributed by atoms with van der Waals surface area (Å²) in [6, 6.07) is 5.85. The molecule has 2 aromatic heterocycles. The van der Waals surface area contributed by atoms with Crippen LogP contribution in [0.4, 0.5) is 14.6 Å². The molecule has 39 heavy (non-hydrogen) atoms. The van der Waals surface area contributed by atoms with Gasteiger partial charge in [0.2, 0.25) is 0 Å². The number of anilines is 1. The highest BCUT2D eigenvalue weighted by Gasteiger charge is 2.43. The quantitative estimate of drug-likeness (QED) is 0.512. The molecule has 8 nitrogen and oxygen atoms in total. The first-order chi connectivity index (χ1) is 19.0. The first kappa shape index (κ1) is 26.0. The number of nitrogens with zero attached hydrogens (tertiary/aromatic N) is 6. The number of piperazine rings is 1. The molecule has 1 aromatic carbocycles. The second kappa shape index (κ2) is 10.7. The van der Waals surface area contributed by atoms with Gasteiger partial charge in [-0.05, 0) is 56.3 Å². The molecule has 0 amide bonds. The van der Waals surface area contributed by atoms with E-state index in [1.807, 2.05) is 29.1 Å². The predicted octanol–water partition coefficient (Wildman–Crippen LogP) is 3.79. The van der Waals surface area contributed by atoms with Crippen molar-refractivity contribution in [3.05, 3.63) is 47.8 Å². The van der Waals surface area contributed by atoms with E-state index in [4.69, 9.17) is 4.74 Å². The Balaban J connectivity index is 1.39. The van der Waals surface area contributed by atoms with Gasteiger partial charge < -0.3 is 15.0 Å². The minimum atomic E-state index is -1.03. The number of likely N-dealkylation sites (N-methyl/N-ethyl adjacent to an activating group) is 1. The van der Waals surface area contributed by atoms with E-state index >= 15 is 4.39 Å². The summed E-state index contributed by atoms with van der Waals surface area (Å²) in [6.07, 6.45) is 8.69. The number of hydrogen-bond donors (Lipinski definition) is 1. The number of rotatable bonds is 6. The zero-order valence-corrected chi connectivity index (χ0v) is 22.2. The van der Waals surface area contributed by atoms with Crippen molar-refractivity contribution in [3.63, 3.8) is 0 Å². The molecule has 2 saturated heterocycles. The Morgan fingerprint density at radius 3 is 2.90 bits per heavy atom. The van der Waals surface area contributed by atoms with Crippen molar-refractivity contribution >= 4 is 16.7 Å². The molecular formula is C29H33F2N7O. The van der Waals surface area contributed by atoms with Gasteiger partial charge in [-0.2, -0.15) is 5.26 Å². The van der Waals surface area contributed by atoms with E-state index in [0.29, 0.717) is 49.4 Å². The third kappa shape index (κ3) is 4.73. The Hall–Kier alpha value is -3.26. The molecular weight excluding hydrogens is 500 g/mol.